The molecular formula is C26H23N3O. The molecule has 1 atom stereocenters. The highest BCUT2D eigenvalue weighted by molar-refractivity contribution is 5.86. The van der Waals surface area contributed by atoms with Gasteiger partial charge in [0.25, 0.3) is 5.56 Å². The minimum atomic E-state index is -0.0546. The van der Waals surface area contributed by atoms with Gasteiger partial charge in [-0.2, -0.15) is 0 Å². The number of benzene rings is 3. The monoisotopic (exact) mass is 393 g/mol. The molecule has 0 amide bonds. The molecule has 0 radical (unpaired) electrons. The highest BCUT2D eigenvalue weighted by atomic mass is 16.1. The van der Waals surface area contributed by atoms with Gasteiger partial charge in [0, 0.05) is 22.7 Å². The maximum Gasteiger partial charge on any atom is 0.266 e. The van der Waals surface area contributed by atoms with Crippen molar-refractivity contribution in [2.75, 3.05) is 0 Å². The number of rotatable bonds is 4. The zero-order valence-corrected chi connectivity index (χ0v) is 17.1. The van der Waals surface area contributed by atoms with Crippen LogP contribution >= 0.6 is 0 Å². The smallest absolute Gasteiger partial charge is 0.266 e. The Morgan fingerprint density at radius 2 is 1.80 bits per heavy atom. The molecule has 30 heavy (non-hydrogen) atoms. The highest BCUT2D eigenvalue weighted by Crippen LogP contribution is 2.26. The molecule has 3 aromatic carbocycles. The Labute approximate surface area is 174 Å². The number of H-pyrrole nitrogens is 1. The molecular weight excluding hydrogens is 370 g/mol. The van der Waals surface area contributed by atoms with Crippen molar-refractivity contribution in [2.24, 2.45) is 0 Å². The van der Waals surface area contributed by atoms with Crippen molar-refractivity contribution in [3.05, 3.63) is 94.9 Å². The lowest BCUT2D eigenvalue weighted by atomic mass is 9.98. The quantitative estimate of drug-likeness (QED) is 0.404. The summed E-state index contributed by atoms with van der Waals surface area (Å²) >= 11 is 0. The Morgan fingerprint density at radius 3 is 2.60 bits per heavy atom. The third kappa shape index (κ3) is 3.01. The Bertz CT molecular complexity index is 1410. The second kappa shape index (κ2) is 7.30. The van der Waals surface area contributed by atoms with Crippen molar-refractivity contribution in [3.63, 3.8) is 0 Å². The van der Waals surface area contributed by atoms with Crippen LogP contribution in [0.2, 0.25) is 0 Å². The van der Waals surface area contributed by atoms with Crippen LogP contribution in [0.25, 0.3) is 38.9 Å². The minimum Gasteiger partial charge on any atom is -0.361 e. The van der Waals surface area contributed by atoms with E-state index in [0.717, 1.165) is 28.6 Å². The van der Waals surface area contributed by atoms with E-state index in [1.165, 1.54) is 5.56 Å². The zero-order chi connectivity index (χ0) is 20.7. The summed E-state index contributed by atoms with van der Waals surface area (Å²) in [5.74, 6) is 1.14. The van der Waals surface area contributed by atoms with Crippen LogP contribution in [0.5, 0.6) is 0 Å². The molecule has 0 saturated heterocycles. The summed E-state index contributed by atoms with van der Waals surface area (Å²) in [6.07, 6.45) is 3.00. The average molecular weight is 393 g/mol. The second-order valence-electron chi connectivity index (χ2n) is 7.77. The molecule has 0 aliphatic carbocycles. The third-order valence-electron chi connectivity index (χ3n) is 5.92. The lowest BCUT2D eigenvalue weighted by Gasteiger charge is -2.15. The summed E-state index contributed by atoms with van der Waals surface area (Å²) in [7, 11) is 0. The molecule has 5 rings (SSSR count). The molecule has 0 saturated carbocycles. The van der Waals surface area contributed by atoms with E-state index >= 15 is 0 Å². The largest absolute Gasteiger partial charge is 0.361 e. The number of aromatic amines is 1. The van der Waals surface area contributed by atoms with Crippen LogP contribution in [0.1, 0.15) is 31.7 Å². The maximum atomic E-state index is 13.5. The zero-order valence-electron chi connectivity index (χ0n) is 17.1. The van der Waals surface area contributed by atoms with E-state index in [1.54, 1.807) is 4.57 Å². The topological polar surface area (TPSA) is 50.7 Å². The molecule has 1 unspecified atom stereocenters. The number of hydrogen-bond acceptors (Lipinski definition) is 2. The van der Waals surface area contributed by atoms with Gasteiger partial charge in [0.2, 0.25) is 0 Å². The van der Waals surface area contributed by atoms with Crippen LogP contribution in [0.4, 0.5) is 0 Å². The number of aromatic nitrogens is 3. The summed E-state index contributed by atoms with van der Waals surface area (Å²) < 4.78 is 1.73. The average Bonchev–Trinajstić information content (AvgIpc) is 3.26. The van der Waals surface area contributed by atoms with Gasteiger partial charge in [0.15, 0.2) is 0 Å². The van der Waals surface area contributed by atoms with E-state index in [-0.39, 0.29) is 5.56 Å². The molecule has 2 aromatic heterocycles. The van der Waals surface area contributed by atoms with Crippen LogP contribution in [0, 0.1) is 0 Å². The first-order valence-electron chi connectivity index (χ1n) is 10.4. The van der Waals surface area contributed by atoms with Gasteiger partial charge in [-0.05, 0) is 66.4 Å². The molecule has 0 spiro atoms. The molecule has 0 bridgehead atoms. The summed E-state index contributed by atoms with van der Waals surface area (Å²) in [5, 5.41) is 1.71. The Kier molecular flexibility index (Phi) is 4.47. The van der Waals surface area contributed by atoms with Crippen LogP contribution < -0.4 is 5.56 Å². The van der Waals surface area contributed by atoms with Crippen molar-refractivity contribution < 1.29 is 0 Å². The van der Waals surface area contributed by atoms with E-state index in [1.807, 2.05) is 60.8 Å². The van der Waals surface area contributed by atoms with Crippen LogP contribution in [0.15, 0.2) is 83.8 Å². The molecule has 5 aromatic rings. The summed E-state index contributed by atoms with van der Waals surface area (Å²) in [5.41, 5.74) is 4.73. The normalized spacial score (nSPS) is 12.5. The summed E-state index contributed by atoms with van der Waals surface area (Å²) in [6, 6.07) is 24.0. The first-order valence-corrected chi connectivity index (χ1v) is 10.4. The molecule has 4 heteroatoms. The van der Waals surface area contributed by atoms with Gasteiger partial charge in [-0.3, -0.25) is 9.36 Å². The van der Waals surface area contributed by atoms with E-state index in [9.17, 15) is 4.79 Å². The van der Waals surface area contributed by atoms with Gasteiger partial charge < -0.3 is 4.98 Å². The molecule has 1 N–H and O–H groups in total. The number of para-hydroxylation sites is 1. The van der Waals surface area contributed by atoms with Crippen molar-refractivity contribution >= 4 is 21.8 Å². The lowest BCUT2D eigenvalue weighted by Crippen LogP contribution is -2.22. The van der Waals surface area contributed by atoms with Crippen molar-refractivity contribution in [3.8, 4) is 17.1 Å². The maximum absolute atomic E-state index is 13.5. The highest BCUT2D eigenvalue weighted by Gasteiger charge is 2.15. The van der Waals surface area contributed by atoms with Crippen molar-refractivity contribution in [2.45, 2.75) is 26.2 Å². The molecule has 4 nitrogen and oxygen atoms in total. The van der Waals surface area contributed by atoms with Gasteiger partial charge in [0.05, 0.1) is 16.6 Å². The number of nitrogens with zero attached hydrogens (tertiary/aromatic N) is 2. The SMILES string of the molecule is CCC(C)c1ccc(-n2c(-c3ccc4[nH]ccc4c3)nc3ccccc3c2=O)cc1. The summed E-state index contributed by atoms with van der Waals surface area (Å²) in [6.45, 7) is 4.40. The Morgan fingerprint density at radius 1 is 1.00 bits per heavy atom. The first kappa shape index (κ1) is 18.4. The predicted molar refractivity (Wildman–Crippen MR) is 123 cm³/mol. The van der Waals surface area contributed by atoms with Gasteiger partial charge in [-0.25, -0.2) is 4.98 Å². The van der Waals surface area contributed by atoms with E-state index in [0.29, 0.717) is 22.6 Å². The number of hydrogen-bond donors (Lipinski definition) is 1. The fraction of sp³-hybridized carbons (Fsp3) is 0.154. The Balaban J connectivity index is 1.78. The van der Waals surface area contributed by atoms with E-state index in [2.05, 4.69) is 37.0 Å². The molecule has 0 aliphatic rings. The molecule has 0 fully saturated rings. The summed E-state index contributed by atoms with van der Waals surface area (Å²) in [4.78, 5) is 21.6. The van der Waals surface area contributed by atoms with E-state index in [4.69, 9.17) is 4.98 Å². The van der Waals surface area contributed by atoms with Crippen LogP contribution in [-0.4, -0.2) is 14.5 Å². The van der Waals surface area contributed by atoms with Gasteiger partial charge in [-0.1, -0.05) is 38.1 Å². The predicted octanol–water partition coefficient (Wildman–Crippen LogP) is 6.05. The van der Waals surface area contributed by atoms with Gasteiger partial charge in [0.1, 0.15) is 5.82 Å². The van der Waals surface area contributed by atoms with Crippen molar-refractivity contribution in [1.29, 1.82) is 0 Å². The molecule has 2 heterocycles. The Hall–Kier alpha value is -3.66. The third-order valence-corrected chi connectivity index (χ3v) is 5.92. The fourth-order valence-electron chi connectivity index (χ4n) is 3.95. The van der Waals surface area contributed by atoms with Gasteiger partial charge in [-0.15, -0.1) is 0 Å². The van der Waals surface area contributed by atoms with E-state index < -0.39 is 0 Å². The molecule has 148 valence electrons. The first-order chi connectivity index (χ1) is 14.7. The number of nitrogens with one attached hydrogen (secondary N) is 1. The minimum absolute atomic E-state index is 0.0546. The number of fused-ring (bicyclic) bond motifs is 2. The fourth-order valence-corrected chi connectivity index (χ4v) is 3.95. The standard InChI is InChI=1S/C26H23N3O/c1-3-17(2)18-8-11-21(12-9-18)29-25(20-10-13-23-19(16-20)14-15-27-23)28-24-7-5-4-6-22(24)26(29)30/h4-17,27H,3H2,1-2H3. The van der Waals surface area contributed by atoms with Crippen LogP contribution in [0.3, 0.4) is 0 Å². The molecule has 0 aliphatic heterocycles. The lowest BCUT2D eigenvalue weighted by molar-refractivity contribution is 0.733. The van der Waals surface area contributed by atoms with Crippen molar-refractivity contribution in [1.82, 2.24) is 14.5 Å². The second-order valence-corrected chi connectivity index (χ2v) is 7.77. The van der Waals surface area contributed by atoms with Crippen LogP contribution in [-0.2, 0) is 0 Å². The van der Waals surface area contributed by atoms with Gasteiger partial charge >= 0.3 is 0 Å².